The number of nitrogens with zero attached hydrogens (tertiary/aromatic N) is 2. The molecule has 0 saturated heterocycles. The van der Waals surface area contributed by atoms with E-state index < -0.39 is 0 Å². The molecule has 0 fully saturated rings. The Morgan fingerprint density at radius 1 is 1.05 bits per heavy atom. The Hall–Kier alpha value is -2.66. The van der Waals surface area contributed by atoms with E-state index >= 15 is 0 Å². The molecule has 2 heterocycles. The molecule has 5 heteroatoms. The molecule has 0 aliphatic carbocycles. The largest absolute Gasteiger partial charge is 0.399 e. The van der Waals surface area contributed by atoms with Crippen molar-refractivity contribution in [2.24, 2.45) is 0 Å². The van der Waals surface area contributed by atoms with Gasteiger partial charge in [0.1, 0.15) is 0 Å². The van der Waals surface area contributed by atoms with Crippen LogP contribution in [0.15, 0.2) is 54.7 Å². The Morgan fingerprint density at radius 2 is 1.95 bits per heavy atom. The zero-order chi connectivity index (χ0) is 14.2. The fourth-order valence-electron chi connectivity index (χ4n) is 2.31. The predicted molar refractivity (Wildman–Crippen MR) is 89.1 cm³/mol. The van der Waals surface area contributed by atoms with Gasteiger partial charge in [-0.2, -0.15) is 0 Å². The quantitative estimate of drug-likeness (QED) is 0.544. The van der Waals surface area contributed by atoms with Crippen LogP contribution in [0.25, 0.3) is 21.1 Å². The summed E-state index contributed by atoms with van der Waals surface area (Å²) in [4.78, 5) is 9.02. The smallest absolute Gasteiger partial charge is 0.188 e. The van der Waals surface area contributed by atoms with Gasteiger partial charge in [0.2, 0.25) is 0 Å². The standard InChI is InChI=1S/C16H12N4S/c17-11-6-7-12-14(9-11)21-16(19-12)20-13-5-1-3-10-4-2-8-18-15(10)13/h1-9H,17H2,(H,19,20). The zero-order valence-corrected chi connectivity index (χ0v) is 11.9. The first-order valence-corrected chi connectivity index (χ1v) is 7.38. The van der Waals surface area contributed by atoms with Gasteiger partial charge in [-0.1, -0.05) is 29.5 Å². The van der Waals surface area contributed by atoms with Gasteiger partial charge in [0.15, 0.2) is 5.13 Å². The van der Waals surface area contributed by atoms with E-state index in [0.29, 0.717) is 0 Å². The van der Waals surface area contributed by atoms with Gasteiger partial charge in [-0.15, -0.1) is 0 Å². The summed E-state index contributed by atoms with van der Waals surface area (Å²) in [5.74, 6) is 0. The molecule has 0 atom stereocenters. The van der Waals surface area contributed by atoms with E-state index in [0.717, 1.165) is 37.6 Å². The van der Waals surface area contributed by atoms with E-state index in [1.807, 2.05) is 48.5 Å². The SMILES string of the molecule is Nc1ccc2nc(Nc3cccc4cccnc34)sc2c1. The number of nitrogens with two attached hydrogens (primary N) is 1. The zero-order valence-electron chi connectivity index (χ0n) is 11.1. The number of fused-ring (bicyclic) bond motifs is 2. The number of thiazole rings is 1. The van der Waals surface area contributed by atoms with Gasteiger partial charge in [0, 0.05) is 17.3 Å². The van der Waals surface area contributed by atoms with Gasteiger partial charge in [-0.05, 0) is 30.3 Å². The van der Waals surface area contributed by atoms with Crippen molar-refractivity contribution in [1.29, 1.82) is 0 Å². The second kappa shape index (κ2) is 4.71. The average Bonchev–Trinajstić information content (AvgIpc) is 2.89. The van der Waals surface area contributed by atoms with E-state index in [-0.39, 0.29) is 0 Å². The maximum Gasteiger partial charge on any atom is 0.188 e. The molecular weight excluding hydrogens is 280 g/mol. The Bertz CT molecular complexity index is 940. The summed E-state index contributed by atoms with van der Waals surface area (Å²) in [5.41, 5.74) is 9.41. The molecule has 4 aromatic rings. The highest BCUT2D eigenvalue weighted by atomic mass is 32.1. The predicted octanol–water partition coefficient (Wildman–Crippen LogP) is 4.17. The first-order chi connectivity index (χ1) is 10.3. The third-order valence-corrected chi connectivity index (χ3v) is 4.22. The molecule has 2 aromatic carbocycles. The number of anilines is 3. The van der Waals surface area contributed by atoms with Crippen molar-refractivity contribution in [2.75, 3.05) is 11.1 Å². The Morgan fingerprint density at radius 3 is 2.90 bits per heavy atom. The van der Waals surface area contributed by atoms with Crippen molar-refractivity contribution in [2.45, 2.75) is 0 Å². The van der Waals surface area contributed by atoms with Gasteiger partial charge in [0.25, 0.3) is 0 Å². The number of aromatic nitrogens is 2. The fraction of sp³-hybridized carbons (Fsp3) is 0. The molecule has 102 valence electrons. The summed E-state index contributed by atoms with van der Waals surface area (Å²) in [5, 5.41) is 5.31. The Labute approximate surface area is 125 Å². The molecule has 21 heavy (non-hydrogen) atoms. The van der Waals surface area contributed by atoms with Crippen LogP contribution >= 0.6 is 11.3 Å². The van der Waals surface area contributed by atoms with Gasteiger partial charge in [-0.25, -0.2) is 4.98 Å². The monoisotopic (exact) mass is 292 g/mol. The van der Waals surface area contributed by atoms with Crippen molar-refractivity contribution in [3.8, 4) is 0 Å². The van der Waals surface area contributed by atoms with Crippen LogP contribution in [0.1, 0.15) is 0 Å². The Balaban J connectivity index is 1.79. The number of hydrogen-bond donors (Lipinski definition) is 2. The lowest BCUT2D eigenvalue weighted by molar-refractivity contribution is 1.39. The highest BCUT2D eigenvalue weighted by Gasteiger charge is 2.07. The van der Waals surface area contributed by atoms with Crippen molar-refractivity contribution in [3.05, 3.63) is 54.7 Å². The summed E-state index contributed by atoms with van der Waals surface area (Å²) >= 11 is 1.58. The second-order valence-electron chi connectivity index (χ2n) is 4.75. The number of rotatable bonds is 2. The van der Waals surface area contributed by atoms with Crippen LogP contribution in [-0.2, 0) is 0 Å². The third kappa shape index (κ3) is 2.17. The van der Waals surface area contributed by atoms with E-state index in [1.54, 1.807) is 17.5 Å². The average molecular weight is 292 g/mol. The highest BCUT2D eigenvalue weighted by molar-refractivity contribution is 7.22. The topological polar surface area (TPSA) is 63.8 Å². The van der Waals surface area contributed by atoms with E-state index in [9.17, 15) is 0 Å². The van der Waals surface area contributed by atoms with Crippen LogP contribution < -0.4 is 11.1 Å². The first kappa shape index (κ1) is 12.1. The first-order valence-electron chi connectivity index (χ1n) is 6.56. The van der Waals surface area contributed by atoms with Gasteiger partial charge < -0.3 is 11.1 Å². The molecule has 0 bridgehead atoms. The molecule has 0 aliphatic rings. The minimum absolute atomic E-state index is 0.754. The van der Waals surface area contributed by atoms with Crippen molar-refractivity contribution < 1.29 is 0 Å². The summed E-state index contributed by atoms with van der Waals surface area (Å²) in [7, 11) is 0. The summed E-state index contributed by atoms with van der Waals surface area (Å²) in [6.45, 7) is 0. The van der Waals surface area contributed by atoms with E-state index in [4.69, 9.17) is 5.73 Å². The van der Waals surface area contributed by atoms with Crippen molar-refractivity contribution >= 4 is 49.0 Å². The van der Waals surface area contributed by atoms with Gasteiger partial charge >= 0.3 is 0 Å². The molecule has 0 aliphatic heterocycles. The number of benzene rings is 2. The number of hydrogen-bond acceptors (Lipinski definition) is 5. The molecule has 2 aromatic heterocycles. The summed E-state index contributed by atoms with van der Waals surface area (Å²) in [6, 6.07) is 15.8. The van der Waals surface area contributed by atoms with Gasteiger partial charge in [-0.3, -0.25) is 4.98 Å². The Kier molecular flexibility index (Phi) is 2.72. The van der Waals surface area contributed by atoms with Crippen LogP contribution in [0.3, 0.4) is 0 Å². The molecule has 0 radical (unpaired) electrons. The normalized spacial score (nSPS) is 11.0. The minimum atomic E-state index is 0.754. The van der Waals surface area contributed by atoms with Crippen LogP contribution in [0.4, 0.5) is 16.5 Å². The number of para-hydroxylation sites is 1. The lowest BCUT2D eigenvalue weighted by Crippen LogP contribution is -1.91. The molecule has 3 N–H and O–H groups in total. The molecule has 0 unspecified atom stereocenters. The lowest BCUT2D eigenvalue weighted by atomic mass is 10.2. The summed E-state index contributed by atoms with van der Waals surface area (Å²) in [6.07, 6.45) is 1.80. The second-order valence-corrected chi connectivity index (χ2v) is 5.78. The molecular formula is C16H12N4S. The van der Waals surface area contributed by atoms with E-state index in [1.165, 1.54) is 0 Å². The summed E-state index contributed by atoms with van der Waals surface area (Å²) < 4.78 is 1.07. The third-order valence-electron chi connectivity index (χ3n) is 3.29. The maximum absolute atomic E-state index is 5.81. The lowest BCUT2D eigenvalue weighted by Gasteiger charge is -2.05. The van der Waals surface area contributed by atoms with Crippen LogP contribution in [-0.4, -0.2) is 9.97 Å². The molecule has 4 rings (SSSR count). The molecule has 0 saturated carbocycles. The molecule has 4 nitrogen and oxygen atoms in total. The minimum Gasteiger partial charge on any atom is -0.399 e. The molecule has 0 amide bonds. The fourth-order valence-corrected chi connectivity index (χ4v) is 3.24. The number of nitrogen functional groups attached to an aromatic ring is 1. The number of pyridine rings is 1. The van der Waals surface area contributed by atoms with Gasteiger partial charge in [0.05, 0.1) is 21.4 Å². The van der Waals surface area contributed by atoms with Crippen molar-refractivity contribution in [3.63, 3.8) is 0 Å². The highest BCUT2D eigenvalue weighted by Crippen LogP contribution is 2.31. The van der Waals surface area contributed by atoms with E-state index in [2.05, 4.69) is 15.3 Å². The number of nitrogens with one attached hydrogen (secondary N) is 1. The van der Waals surface area contributed by atoms with Crippen LogP contribution in [0.5, 0.6) is 0 Å². The van der Waals surface area contributed by atoms with Crippen LogP contribution in [0, 0.1) is 0 Å². The van der Waals surface area contributed by atoms with Crippen LogP contribution in [0.2, 0.25) is 0 Å². The van der Waals surface area contributed by atoms with Crippen molar-refractivity contribution in [1.82, 2.24) is 9.97 Å². The molecule has 0 spiro atoms. The maximum atomic E-state index is 5.81.